The van der Waals surface area contributed by atoms with Crippen molar-refractivity contribution in [3.05, 3.63) is 41.1 Å². The van der Waals surface area contributed by atoms with Crippen molar-refractivity contribution in [2.24, 2.45) is 0 Å². The van der Waals surface area contributed by atoms with Crippen molar-refractivity contribution < 1.29 is 19.4 Å². The van der Waals surface area contributed by atoms with Gasteiger partial charge in [0.2, 0.25) is 5.91 Å². The van der Waals surface area contributed by atoms with E-state index in [1.165, 1.54) is 13.2 Å². The summed E-state index contributed by atoms with van der Waals surface area (Å²) in [5.41, 5.74) is 1.77. The van der Waals surface area contributed by atoms with Crippen LogP contribution in [-0.2, 0) is 9.53 Å². The summed E-state index contributed by atoms with van der Waals surface area (Å²) in [4.78, 5) is 24.2. The lowest BCUT2D eigenvalue weighted by Crippen LogP contribution is -2.26. The van der Waals surface area contributed by atoms with Gasteiger partial charge in [-0.25, -0.2) is 9.48 Å². The van der Waals surface area contributed by atoms with Crippen LogP contribution in [0.2, 0.25) is 0 Å². The first-order chi connectivity index (χ1) is 12.5. The van der Waals surface area contributed by atoms with E-state index in [4.69, 9.17) is 4.74 Å². The number of anilines is 1. The fourth-order valence-electron chi connectivity index (χ4n) is 3.49. The van der Waals surface area contributed by atoms with Crippen LogP contribution in [0.25, 0.3) is 0 Å². The molecule has 0 fully saturated rings. The van der Waals surface area contributed by atoms with E-state index in [0.717, 1.165) is 24.0 Å². The first-order valence-corrected chi connectivity index (χ1v) is 8.78. The first-order valence-electron chi connectivity index (χ1n) is 8.78. The number of nitrogens with one attached hydrogen (secondary N) is 1. The molecule has 1 aromatic carbocycles. The third-order valence-corrected chi connectivity index (χ3v) is 4.96. The number of phenolic OH excluding ortho intramolecular Hbond substituents is 1. The van der Waals surface area contributed by atoms with Crippen LogP contribution in [0.3, 0.4) is 0 Å². The Hall–Kier alpha value is -2.83. The second-order valence-corrected chi connectivity index (χ2v) is 6.44. The third kappa shape index (κ3) is 3.05. The van der Waals surface area contributed by atoms with Crippen molar-refractivity contribution in [1.29, 1.82) is 0 Å². The number of nitrogens with zero attached hydrogens (tertiary/aromatic N) is 2. The molecule has 1 aliphatic rings. The Morgan fingerprint density at radius 2 is 2.15 bits per heavy atom. The zero-order valence-corrected chi connectivity index (χ0v) is 15.2. The summed E-state index contributed by atoms with van der Waals surface area (Å²) in [5.74, 6) is -0.368. The standard InChI is InChI=1S/C19H23N3O4/c1-4-12(5-2)22-18-15(10-20-22)13(9-17(24)21-18)11-6-7-16(23)14(8-11)19(25)26-3/h6-8,10,12-13,23H,4-5,9H2,1-3H3,(H,21,24)/t13-/m1/s1. The van der Waals surface area contributed by atoms with Gasteiger partial charge in [-0.15, -0.1) is 0 Å². The number of hydrogen-bond acceptors (Lipinski definition) is 5. The Balaban J connectivity index is 2.06. The molecule has 0 unspecified atom stereocenters. The van der Waals surface area contributed by atoms with Crippen LogP contribution in [0, 0.1) is 0 Å². The summed E-state index contributed by atoms with van der Waals surface area (Å²) in [7, 11) is 1.26. The highest BCUT2D eigenvalue weighted by Gasteiger charge is 2.32. The highest BCUT2D eigenvalue weighted by Crippen LogP contribution is 2.39. The Bertz CT molecular complexity index is 839. The first kappa shape index (κ1) is 18.0. The number of rotatable bonds is 5. The molecule has 0 spiro atoms. The van der Waals surface area contributed by atoms with E-state index >= 15 is 0 Å². The van der Waals surface area contributed by atoms with Gasteiger partial charge in [-0.1, -0.05) is 19.9 Å². The fourth-order valence-corrected chi connectivity index (χ4v) is 3.49. The van der Waals surface area contributed by atoms with E-state index in [-0.39, 0.29) is 35.6 Å². The van der Waals surface area contributed by atoms with Crippen molar-refractivity contribution in [2.75, 3.05) is 12.4 Å². The molecule has 1 aromatic heterocycles. The van der Waals surface area contributed by atoms with Gasteiger partial charge in [-0.2, -0.15) is 5.10 Å². The van der Waals surface area contributed by atoms with Crippen molar-refractivity contribution in [3.8, 4) is 5.75 Å². The minimum Gasteiger partial charge on any atom is -0.507 e. The summed E-state index contributed by atoms with van der Waals surface area (Å²) < 4.78 is 6.60. The van der Waals surface area contributed by atoms with Crippen LogP contribution in [0.5, 0.6) is 5.75 Å². The van der Waals surface area contributed by atoms with Crippen molar-refractivity contribution in [3.63, 3.8) is 0 Å². The summed E-state index contributed by atoms with van der Waals surface area (Å²) in [6.45, 7) is 4.18. The number of aromatic hydroxyl groups is 1. The zero-order valence-electron chi connectivity index (χ0n) is 15.2. The minimum atomic E-state index is -0.613. The number of benzene rings is 1. The van der Waals surface area contributed by atoms with Crippen molar-refractivity contribution in [1.82, 2.24) is 9.78 Å². The molecule has 7 heteroatoms. The highest BCUT2D eigenvalue weighted by molar-refractivity contribution is 5.95. The number of ether oxygens (including phenoxy) is 1. The van der Waals surface area contributed by atoms with E-state index in [0.29, 0.717) is 5.82 Å². The molecule has 2 heterocycles. The predicted octanol–water partition coefficient (Wildman–Crippen LogP) is 3.21. The molecule has 0 saturated carbocycles. The van der Waals surface area contributed by atoms with Crippen LogP contribution in [0.4, 0.5) is 5.82 Å². The third-order valence-electron chi connectivity index (χ3n) is 4.96. The molecule has 138 valence electrons. The molecule has 0 saturated heterocycles. The van der Waals surface area contributed by atoms with Gasteiger partial charge < -0.3 is 15.2 Å². The van der Waals surface area contributed by atoms with E-state index in [1.807, 2.05) is 4.68 Å². The van der Waals surface area contributed by atoms with Gasteiger partial charge in [-0.3, -0.25) is 4.79 Å². The second kappa shape index (κ2) is 7.19. The maximum Gasteiger partial charge on any atom is 0.341 e. The highest BCUT2D eigenvalue weighted by atomic mass is 16.5. The number of methoxy groups -OCH3 is 1. The van der Waals surface area contributed by atoms with Gasteiger partial charge in [0, 0.05) is 17.9 Å². The van der Waals surface area contributed by atoms with Crippen LogP contribution in [0.15, 0.2) is 24.4 Å². The molecule has 7 nitrogen and oxygen atoms in total. The van der Waals surface area contributed by atoms with Gasteiger partial charge in [0.05, 0.1) is 19.3 Å². The molecule has 0 bridgehead atoms. The van der Waals surface area contributed by atoms with Crippen molar-refractivity contribution in [2.45, 2.75) is 45.1 Å². The number of aromatic nitrogens is 2. The summed E-state index contributed by atoms with van der Waals surface area (Å²) >= 11 is 0. The molecule has 26 heavy (non-hydrogen) atoms. The molecule has 1 amide bonds. The normalized spacial score (nSPS) is 16.3. The number of fused-ring (bicyclic) bond motifs is 1. The lowest BCUT2D eigenvalue weighted by molar-refractivity contribution is -0.116. The lowest BCUT2D eigenvalue weighted by Gasteiger charge is -2.26. The SMILES string of the molecule is CCC(CC)n1ncc2c1NC(=O)C[C@@H]2c1ccc(O)c(C(=O)OC)c1. The minimum absolute atomic E-state index is 0.0879. The number of phenols is 1. The monoisotopic (exact) mass is 357 g/mol. The largest absolute Gasteiger partial charge is 0.507 e. The van der Waals surface area contributed by atoms with Crippen LogP contribution in [-0.4, -0.2) is 33.9 Å². The zero-order chi connectivity index (χ0) is 18.8. The van der Waals surface area contributed by atoms with E-state index in [1.54, 1.807) is 18.3 Å². The number of carbonyl (C=O) groups is 2. The molecule has 1 atom stereocenters. The Labute approximate surface area is 152 Å². The fraction of sp³-hybridized carbons (Fsp3) is 0.421. The summed E-state index contributed by atoms with van der Waals surface area (Å²) in [6, 6.07) is 4.98. The van der Waals surface area contributed by atoms with Gasteiger partial charge in [-0.05, 0) is 30.5 Å². The molecular weight excluding hydrogens is 334 g/mol. The van der Waals surface area contributed by atoms with Gasteiger partial charge in [0.15, 0.2) is 0 Å². The summed E-state index contributed by atoms with van der Waals surface area (Å²) in [6.07, 6.45) is 3.86. The van der Waals surface area contributed by atoms with Crippen LogP contribution in [0.1, 0.15) is 66.6 Å². The average molecular weight is 357 g/mol. The average Bonchev–Trinajstić information content (AvgIpc) is 3.05. The number of hydrogen-bond donors (Lipinski definition) is 2. The van der Waals surface area contributed by atoms with Gasteiger partial charge >= 0.3 is 5.97 Å². The second-order valence-electron chi connectivity index (χ2n) is 6.44. The summed E-state index contributed by atoms with van der Waals surface area (Å²) in [5, 5.41) is 17.4. The Kier molecular flexibility index (Phi) is 4.97. The van der Waals surface area contributed by atoms with Gasteiger partial charge in [0.25, 0.3) is 0 Å². The quantitative estimate of drug-likeness (QED) is 0.802. The topological polar surface area (TPSA) is 93.5 Å². The molecule has 3 rings (SSSR count). The van der Waals surface area contributed by atoms with Gasteiger partial charge in [0.1, 0.15) is 17.1 Å². The number of carbonyl (C=O) groups excluding carboxylic acids is 2. The maximum atomic E-state index is 12.3. The predicted molar refractivity (Wildman–Crippen MR) is 96.4 cm³/mol. The van der Waals surface area contributed by atoms with E-state index in [2.05, 4.69) is 24.3 Å². The smallest absolute Gasteiger partial charge is 0.341 e. The maximum absolute atomic E-state index is 12.3. The van der Waals surface area contributed by atoms with E-state index < -0.39 is 5.97 Å². The Morgan fingerprint density at radius 3 is 2.81 bits per heavy atom. The molecule has 0 radical (unpaired) electrons. The van der Waals surface area contributed by atoms with Crippen molar-refractivity contribution >= 4 is 17.7 Å². The van der Waals surface area contributed by atoms with Crippen LogP contribution < -0.4 is 5.32 Å². The molecule has 0 aliphatic carbocycles. The lowest BCUT2D eigenvalue weighted by atomic mass is 9.86. The molecular formula is C19H23N3O4. The van der Waals surface area contributed by atoms with E-state index in [9.17, 15) is 14.7 Å². The van der Waals surface area contributed by atoms with Crippen LogP contribution >= 0.6 is 0 Å². The molecule has 2 aromatic rings. The molecule has 2 N–H and O–H groups in total. The number of esters is 1. The Morgan fingerprint density at radius 1 is 1.42 bits per heavy atom. The number of amides is 1. The molecule has 1 aliphatic heterocycles.